The number of rotatable bonds is 7. The van der Waals surface area contributed by atoms with E-state index in [9.17, 15) is 0 Å². The largest absolute Gasteiger partial charge is 0.492 e. The predicted octanol–water partition coefficient (Wildman–Crippen LogP) is 2.43. The second-order valence-corrected chi connectivity index (χ2v) is 4.06. The SMILES string of the molecule is CCCC(C)NCCOc1ccc(N)cc1. The third-order valence-electron chi connectivity index (χ3n) is 2.47. The summed E-state index contributed by atoms with van der Waals surface area (Å²) in [7, 11) is 0. The van der Waals surface area contributed by atoms with E-state index in [1.165, 1.54) is 12.8 Å². The molecule has 0 aliphatic carbocycles. The highest BCUT2D eigenvalue weighted by Gasteiger charge is 1.98. The number of nitrogens with two attached hydrogens (primary N) is 1. The lowest BCUT2D eigenvalue weighted by Crippen LogP contribution is -2.29. The molecular formula is C13H22N2O. The second kappa shape index (κ2) is 7.12. The lowest BCUT2D eigenvalue weighted by molar-refractivity contribution is 0.305. The van der Waals surface area contributed by atoms with Crippen molar-refractivity contribution < 1.29 is 4.74 Å². The molecular weight excluding hydrogens is 200 g/mol. The molecule has 0 saturated carbocycles. The molecule has 1 rings (SSSR count). The van der Waals surface area contributed by atoms with Crippen molar-refractivity contribution in [2.45, 2.75) is 32.7 Å². The van der Waals surface area contributed by atoms with E-state index in [4.69, 9.17) is 10.5 Å². The quantitative estimate of drug-likeness (QED) is 0.550. The van der Waals surface area contributed by atoms with Gasteiger partial charge in [-0.2, -0.15) is 0 Å². The van der Waals surface area contributed by atoms with Crippen LogP contribution >= 0.6 is 0 Å². The Kier molecular flexibility index (Phi) is 5.72. The van der Waals surface area contributed by atoms with Crippen LogP contribution in [0.1, 0.15) is 26.7 Å². The van der Waals surface area contributed by atoms with Crippen LogP contribution in [0.4, 0.5) is 5.69 Å². The Hall–Kier alpha value is -1.22. The maximum atomic E-state index is 5.59. The summed E-state index contributed by atoms with van der Waals surface area (Å²) in [6, 6.07) is 8.06. The van der Waals surface area contributed by atoms with Gasteiger partial charge in [0, 0.05) is 18.3 Å². The first-order valence-corrected chi connectivity index (χ1v) is 5.94. The van der Waals surface area contributed by atoms with Gasteiger partial charge in [0.2, 0.25) is 0 Å². The molecule has 3 nitrogen and oxygen atoms in total. The topological polar surface area (TPSA) is 47.3 Å². The maximum absolute atomic E-state index is 5.59. The van der Waals surface area contributed by atoms with Crippen molar-refractivity contribution in [1.82, 2.24) is 5.32 Å². The second-order valence-electron chi connectivity index (χ2n) is 4.06. The molecule has 0 aliphatic rings. The van der Waals surface area contributed by atoms with Crippen molar-refractivity contribution in [2.75, 3.05) is 18.9 Å². The maximum Gasteiger partial charge on any atom is 0.119 e. The highest BCUT2D eigenvalue weighted by Crippen LogP contribution is 2.12. The van der Waals surface area contributed by atoms with Gasteiger partial charge in [0.05, 0.1) is 0 Å². The minimum atomic E-state index is 0.569. The van der Waals surface area contributed by atoms with Crippen LogP contribution in [-0.2, 0) is 0 Å². The van der Waals surface area contributed by atoms with E-state index >= 15 is 0 Å². The molecule has 1 aromatic rings. The summed E-state index contributed by atoms with van der Waals surface area (Å²) in [5.41, 5.74) is 6.35. The van der Waals surface area contributed by atoms with E-state index in [0.717, 1.165) is 18.0 Å². The molecule has 0 bridgehead atoms. The molecule has 0 amide bonds. The fourth-order valence-electron chi connectivity index (χ4n) is 1.57. The van der Waals surface area contributed by atoms with E-state index in [1.54, 1.807) is 0 Å². The first kappa shape index (κ1) is 12.8. The van der Waals surface area contributed by atoms with Crippen molar-refractivity contribution >= 4 is 5.69 Å². The zero-order valence-electron chi connectivity index (χ0n) is 10.2. The molecule has 0 spiro atoms. The predicted molar refractivity (Wildman–Crippen MR) is 68.7 cm³/mol. The summed E-state index contributed by atoms with van der Waals surface area (Å²) < 4.78 is 5.57. The average molecular weight is 222 g/mol. The van der Waals surface area contributed by atoms with E-state index in [1.807, 2.05) is 24.3 Å². The molecule has 1 atom stereocenters. The summed E-state index contributed by atoms with van der Waals surface area (Å²) in [5, 5.41) is 3.42. The van der Waals surface area contributed by atoms with Gasteiger partial charge in [-0.15, -0.1) is 0 Å². The van der Waals surface area contributed by atoms with Crippen LogP contribution in [0, 0.1) is 0 Å². The molecule has 16 heavy (non-hydrogen) atoms. The molecule has 0 saturated heterocycles. The van der Waals surface area contributed by atoms with Gasteiger partial charge < -0.3 is 15.8 Å². The molecule has 3 N–H and O–H groups in total. The summed E-state index contributed by atoms with van der Waals surface area (Å²) in [4.78, 5) is 0. The molecule has 0 aromatic heterocycles. The standard InChI is InChI=1S/C13H22N2O/c1-3-4-11(2)15-9-10-16-13-7-5-12(14)6-8-13/h5-8,11,15H,3-4,9-10,14H2,1-2H3. The number of benzene rings is 1. The van der Waals surface area contributed by atoms with Crippen LogP contribution in [0.3, 0.4) is 0 Å². The Morgan fingerprint density at radius 1 is 1.31 bits per heavy atom. The van der Waals surface area contributed by atoms with Crippen molar-refractivity contribution in [2.24, 2.45) is 0 Å². The molecule has 0 heterocycles. The Morgan fingerprint density at radius 3 is 2.62 bits per heavy atom. The Balaban J connectivity index is 2.13. The van der Waals surface area contributed by atoms with Crippen molar-refractivity contribution in [3.63, 3.8) is 0 Å². The molecule has 1 unspecified atom stereocenters. The highest BCUT2D eigenvalue weighted by atomic mass is 16.5. The van der Waals surface area contributed by atoms with Crippen molar-refractivity contribution in [1.29, 1.82) is 0 Å². The number of nitrogen functional groups attached to an aromatic ring is 1. The average Bonchev–Trinajstić information content (AvgIpc) is 2.27. The number of hydrogen-bond donors (Lipinski definition) is 2. The van der Waals surface area contributed by atoms with Gasteiger partial charge in [-0.05, 0) is 37.6 Å². The van der Waals surface area contributed by atoms with Gasteiger partial charge in [-0.1, -0.05) is 13.3 Å². The van der Waals surface area contributed by atoms with Gasteiger partial charge in [0.25, 0.3) is 0 Å². The minimum Gasteiger partial charge on any atom is -0.492 e. The van der Waals surface area contributed by atoms with Crippen LogP contribution < -0.4 is 15.8 Å². The zero-order chi connectivity index (χ0) is 11.8. The highest BCUT2D eigenvalue weighted by molar-refractivity contribution is 5.41. The summed E-state index contributed by atoms with van der Waals surface area (Å²) >= 11 is 0. The Morgan fingerprint density at radius 2 is 2.00 bits per heavy atom. The number of nitrogens with one attached hydrogen (secondary N) is 1. The van der Waals surface area contributed by atoms with E-state index in [-0.39, 0.29) is 0 Å². The molecule has 3 heteroatoms. The molecule has 1 aromatic carbocycles. The van der Waals surface area contributed by atoms with Gasteiger partial charge in [0.15, 0.2) is 0 Å². The van der Waals surface area contributed by atoms with Gasteiger partial charge in [0.1, 0.15) is 12.4 Å². The lowest BCUT2D eigenvalue weighted by atomic mass is 10.2. The fourth-order valence-corrected chi connectivity index (χ4v) is 1.57. The molecule has 0 aliphatic heterocycles. The fraction of sp³-hybridized carbons (Fsp3) is 0.538. The monoisotopic (exact) mass is 222 g/mol. The van der Waals surface area contributed by atoms with Crippen LogP contribution in [0.2, 0.25) is 0 Å². The van der Waals surface area contributed by atoms with Crippen molar-refractivity contribution in [3.8, 4) is 5.75 Å². The summed E-state index contributed by atoms with van der Waals surface area (Å²) in [5.74, 6) is 0.874. The first-order chi connectivity index (χ1) is 7.72. The van der Waals surface area contributed by atoms with Crippen LogP contribution in [-0.4, -0.2) is 19.2 Å². The van der Waals surface area contributed by atoms with Crippen molar-refractivity contribution in [3.05, 3.63) is 24.3 Å². The third kappa shape index (κ3) is 5.03. The first-order valence-electron chi connectivity index (χ1n) is 5.94. The summed E-state index contributed by atoms with van der Waals surface area (Å²) in [6.45, 7) is 5.97. The normalized spacial score (nSPS) is 12.4. The Bertz CT molecular complexity index is 284. The van der Waals surface area contributed by atoms with Gasteiger partial charge in [-0.3, -0.25) is 0 Å². The third-order valence-corrected chi connectivity index (χ3v) is 2.47. The van der Waals surface area contributed by atoms with Crippen LogP contribution in [0.15, 0.2) is 24.3 Å². The van der Waals surface area contributed by atoms with Crippen LogP contribution in [0.5, 0.6) is 5.75 Å². The smallest absolute Gasteiger partial charge is 0.119 e. The van der Waals surface area contributed by atoms with E-state index in [0.29, 0.717) is 12.6 Å². The molecule has 90 valence electrons. The zero-order valence-corrected chi connectivity index (χ0v) is 10.2. The van der Waals surface area contributed by atoms with Crippen LogP contribution in [0.25, 0.3) is 0 Å². The van der Waals surface area contributed by atoms with Gasteiger partial charge >= 0.3 is 0 Å². The summed E-state index contributed by atoms with van der Waals surface area (Å²) in [6.07, 6.45) is 2.43. The number of hydrogen-bond acceptors (Lipinski definition) is 3. The van der Waals surface area contributed by atoms with E-state index < -0.39 is 0 Å². The lowest BCUT2D eigenvalue weighted by Gasteiger charge is -2.13. The number of anilines is 1. The number of ether oxygens (including phenoxy) is 1. The Labute approximate surface area is 98.0 Å². The van der Waals surface area contributed by atoms with Gasteiger partial charge in [-0.25, -0.2) is 0 Å². The molecule has 0 fully saturated rings. The van der Waals surface area contributed by atoms with E-state index in [2.05, 4.69) is 19.2 Å². The molecule has 0 radical (unpaired) electrons. The minimum absolute atomic E-state index is 0.569.